The molecule has 2 aromatic carbocycles. The lowest BCUT2D eigenvalue weighted by molar-refractivity contribution is 0.0561. The summed E-state index contributed by atoms with van der Waals surface area (Å²) < 4.78 is 16.1. The minimum Gasteiger partial charge on any atom is -0.497 e. The topological polar surface area (TPSA) is 77.7 Å². The molecule has 0 N–H and O–H groups in total. The van der Waals surface area contributed by atoms with E-state index in [0.29, 0.717) is 29.6 Å². The summed E-state index contributed by atoms with van der Waals surface area (Å²) in [6, 6.07) is 14.4. The van der Waals surface area contributed by atoms with Gasteiger partial charge in [-0.25, -0.2) is 0 Å². The maximum Gasteiger partial charge on any atom is 0.254 e. The van der Waals surface area contributed by atoms with Gasteiger partial charge in [-0.05, 0) is 49.6 Å². The predicted octanol–water partition coefficient (Wildman–Crippen LogP) is 4.12. The molecule has 2 heterocycles. The lowest BCUT2D eigenvalue weighted by atomic mass is 10.0. The van der Waals surface area contributed by atoms with Gasteiger partial charge in [-0.1, -0.05) is 23.4 Å². The Hall–Kier alpha value is -3.35. The van der Waals surface area contributed by atoms with E-state index in [1.165, 1.54) is 0 Å². The normalized spacial score (nSPS) is 16.5. The van der Waals surface area contributed by atoms with E-state index in [1.807, 2.05) is 41.3 Å². The zero-order chi connectivity index (χ0) is 20.2. The summed E-state index contributed by atoms with van der Waals surface area (Å²) in [5.41, 5.74) is 1.39. The number of ether oxygens (including phenoxy) is 2. The SMILES string of the molecule is COc1cccc(C(=O)N2CCCCC2c2nc(-c3cccc(OC)c3)no2)c1. The van der Waals surface area contributed by atoms with Gasteiger partial charge < -0.3 is 18.9 Å². The second-order valence-corrected chi connectivity index (χ2v) is 6.93. The van der Waals surface area contributed by atoms with Gasteiger partial charge in [0.05, 0.1) is 14.2 Å². The Morgan fingerprint density at radius 2 is 1.83 bits per heavy atom. The smallest absolute Gasteiger partial charge is 0.254 e. The first-order valence-corrected chi connectivity index (χ1v) is 9.62. The highest BCUT2D eigenvalue weighted by atomic mass is 16.5. The van der Waals surface area contributed by atoms with Crippen molar-refractivity contribution in [2.75, 3.05) is 20.8 Å². The number of amides is 1. The second-order valence-electron chi connectivity index (χ2n) is 6.93. The van der Waals surface area contributed by atoms with Crippen molar-refractivity contribution in [3.63, 3.8) is 0 Å². The number of hydrogen-bond donors (Lipinski definition) is 0. The number of methoxy groups -OCH3 is 2. The molecule has 29 heavy (non-hydrogen) atoms. The summed E-state index contributed by atoms with van der Waals surface area (Å²) in [7, 11) is 3.21. The number of carbonyl (C=O) groups excluding carboxylic acids is 1. The molecule has 1 amide bonds. The van der Waals surface area contributed by atoms with Crippen molar-refractivity contribution in [3.05, 3.63) is 60.0 Å². The molecule has 0 saturated carbocycles. The number of rotatable bonds is 5. The van der Waals surface area contributed by atoms with Crippen LogP contribution in [0.5, 0.6) is 11.5 Å². The van der Waals surface area contributed by atoms with Crippen LogP contribution < -0.4 is 9.47 Å². The lowest BCUT2D eigenvalue weighted by Gasteiger charge is -2.33. The van der Waals surface area contributed by atoms with Crippen LogP contribution in [0.3, 0.4) is 0 Å². The van der Waals surface area contributed by atoms with Crippen LogP contribution >= 0.6 is 0 Å². The maximum atomic E-state index is 13.2. The van der Waals surface area contributed by atoms with Crippen molar-refractivity contribution < 1.29 is 18.8 Å². The van der Waals surface area contributed by atoms with E-state index in [4.69, 9.17) is 14.0 Å². The summed E-state index contributed by atoms with van der Waals surface area (Å²) in [6.07, 6.45) is 2.74. The van der Waals surface area contributed by atoms with Gasteiger partial charge in [-0.3, -0.25) is 4.79 Å². The third kappa shape index (κ3) is 3.94. The Kier molecular flexibility index (Phi) is 5.46. The van der Waals surface area contributed by atoms with Gasteiger partial charge in [-0.15, -0.1) is 0 Å². The van der Waals surface area contributed by atoms with Crippen molar-refractivity contribution >= 4 is 5.91 Å². The first-order chi connectivity index (χ1) is 14.2. The van der Waals surface area contributed by atoms with Gasteiger partial charge in [-0.2, -0.15) is 4.98 Å². The van der Waals surface area contributed by atoms with Crippen molar-refractivity contribution in [3.8, 4) is 22.9 Å². The molecule has 0 radical (unpaired) electrons. The molecule has 7 heteroatoms. The van der Waals surface area contributed by atoms with Crippen LogP contribution in [0.25, 0.3) is 11.4 Å². The van der Waals surface area contributed by atoms with Crippen LogP contribution in [0.1, 0.15) is 41.6 Å². The highest BCUT2D eigenvalue weighted by molar-refractivity contribution is 5.95. The fraction of sp³-hybridized carbons (Fsp3) is 0.318. The molecule has 0 spiro atoms. The summed E-state index contributed by atoms with van der Waals surface area (Å²) >= 11 is 0. The Morgan fingerprint density at radius 3 is 2.62 bits per heavy atom. The Balaban J connectivity index is 1.61. The molecule has 7 nitrogen and oxygen atoms in total. The van der Waals surface area contributed by atoms with Crippen molar-refractivity contribution in [2.45, 2.75) is 25.3 Å². The van der Waals surface area contributed by atoms with Gasteiger partial charge >= 0.3 is 0 Å². The van der Waals surface area contributed by atoms with E-state index in [9.17, 15) is 4.79 Å². The number of likely N-dealkylation sites (tertiary alicyclic amines) is 1. The number of aromatic nitrogens is 2. The standard InChI is InChI=1S/C22H23N3O4/c1-27-17-9-5-7-15(13-17)20-23-21(29-24-20)19-11-3-4-12-25(19)22(26)16-8-6-10-18(14-16)28-2/h5-10,13-14,19H,3-4,11-12H2,1-2H3. The molecule has 1 aliphatic heterocycles. The number of piperidine rings is 1. The number of nitrogens with zero attached hydrogens (tertiary/aromatic N) is 3. The number of hydrogen-bond acceptors (Lipinski definition) is 6. The molecule has 4 rings (SSSR count). The van der Waals surface area contributed by atoms with Crippen LogP contribution in [0, 0.1) is 0 Å². The van der Waals surface area contributed by atoms with Gasteiger partial charge in [0.25, 0.3) is 5.91 Å². The van der Waals surface area contributed by atoms with E-state index in [2.05, 4.69) is 10.1 Å². The van der Waals surface area contributed by atoms with Crippen molar-refractivity contribution in [1.29, 1.82) is 0 Å². The molecule has 0 aliphatic carbocycles. The first kappa shape index (κ1) is 19.0. The summed E-state index contributed by atoms with van der Waals surface area (Å²) in [4.78, 5) is 19.6. The van der Waals surface area contributed by atoms with Crippen molar-refractivity contribution in [1.82, 2.24) is 15.0 Å². The van der Waals surface area contributed by atoms with Crippen LogP contribution in [-0.2, 0) is 0 Å². The molecule has 1 atom stereocenters. The average molecular weight is 393 g/mol. The van der Waals surface area contributed by atoms with Gasteiger partial charge in [0.2, 0.25) is 11.7 Å². The predicted molar refractivity (Wildman–Crippen MR) is 107 cm³/mol. The molecule has 3 aromatic rings. The summed E-state index contributed by atoms with van der Waals surface area (Å²) in [5.74, 6) is 2.26. The fourth-order valence-corrected chi connectivity index (χ4v) is 3.60. The van der Waals surface area contributed by atoms with E-state index in [-0.39, 0.29) is 11.9 Å². The largest absolute Gasteiger partial charge is 0.497 e. The molecule has 1 fully saturated rings. The van der Waals surface area contributed by atoms with Crippen molar-refractivity contribution in [2.24, 2.45) is 0 Å². The lowest BCUT2D eigenvalue weighted by Crippen LogP contribution is -2.38. The molecule has 1 aliphatic rings. The minimum atomic E-state index is -0.241. The van der Waals surface area contributed by atoms with E-state index < -0.39 is 0 Å². The minimum absolute atomic E-state index is 0.0604. The second kappa shape index (κ2) is 8.34. The highest BCUT2D eigenvalue weighted by Gasteiger charge is 2.33. The third-order valence-corrected chi connectivity index (χ3v) is 5.14. The van der Waals surface area contributed by atoms with E-state index >= 15 is 0 Å². The van der Waals surface area contributed by atoms with Gasteiger partial charge in [0.15, 0.2) is 0 Å². The molecule has 0 bridgehead atoms. The zero-order valence-electron chi connectivity index (χ0n) is 16.5. The molecule has 150 valence electrons. The Morgan fingerprint density at radius 1 is 1.07 bits per heavy atom. The Labute approximate surface area is 169 Å². The monoisotopic (exact) mass is 393 g/mol. The molecule has 1 saturated heterocycles. The first-order valence-electron chi connectivity index (χ1n) is 9.62. The maximum absolute atomic E-state index is 13.2. The number of benzene rings is 2. The zero-order valence-corrected chi connectivity index (χ0v) is 16.5. The van der Waals surface area contributed by atoms with Gasteiger partial charge in [0.1, 0.15) is 17.5 Å². The van der Waals surface area contributed by atoms with Gasteiger partial charge in [0, 0.05) is 17.7 Å². The molecular weight excluding hydrogens is 370 g/mol. The van der Waals surface area contributed by atoms with Crippen LogP contribution in [0.15, 0.2) is 53.1 Å². The Bertz CT molecular complexity index is 1000. The molecular formula is C22H23N3O4. The van der Waals surface area contributed by atoms with Crippen LogP contribution in [0.2, 0.25) is 0 Å². The van der Waals surface area contributed by atoms with Crippen LogP contribution in [0.4, 0.5) is 0 Å². The summed E-state index contributed by atoms with van der Waals surface area (Å²) in [6.45, 7) is 0.650. The van der Waals surface area contributed by atoms with E-state index in [1.54, 1.807) is 26.4 Å². The van der Waals surface area contributed by atoms with E-state index in [0.717, 1.165) is 30.6 Å². The number of carbonyl (C=O) groups is 1. The fourth-order valence-electron chi connectivity index (χ4n) is 3.60. The molecule has 1 unspecified atom stereocenters. The average Bonchev–Trinajstić information content (AvgIpc) is 3.29. The highest BCUT2D eigenvalue weighted by Crippen LogP contribution is 2.33. The molecule has 1 aromatic heterocycles. The third-order valence-electron chi connectivity index (χ3n) is 5.14. The summed E-state index contributed by atoms with van der Waals surface area (Å²) in [5, 5.41) is 4.13. The quantitative estimate of drug-likeness (QED) is 0.649. The van der Waals surface area contributed by atoms with Crippen LogP contribution in [-0.4, -0.2) is 41.7 Å².